The standard InChI is InChI=1S/C26H29N3O6/c1-18-8-6-7-9-21(18)23(30)34-20-12-10-19(11-13-20)29(25(32)33)17-15-27-22(29)14-16-28(5)24(31)35-26(2,3)4/h6-13,15,17H,14,16H2,1-5H3. The van der Waals surface area contributed by atoms with Crippen LogP contribution in [0.25, 0.3) is 0 Å². The highest BCUT2D eigenvalue weighted by Crippen LogP contribution is 2.31. The number of carbonyl (C=O) groups excluding carboxylic acids is 3. The van der Waals surface area contributed by atoms with E-state index in [1.165, 1.54) is 29.4 Å². The smallest absolute Gasteiger partial charge is 0.410 e. The van der Waals surface area contributed by atoms with E-state index in [4.69, 9.17) is 9.47 Å². The summed E-state index contributed by atoms with van der Waals surface area (Å²) < 4.78 is 10.0. The van der Waals surface area contributed by atoms with Gasteiger partial charge in [-0.15, -0.1) is 0 Å². The van der Waals surface area contributed by atoms with Crippen molar-refractivity contribution in [2.45, 2.75) is 39.7 Å². The van der Waals surface area contributed by atoms with Gasteiger partial charge >= 0.3 is 12.1 Å². The second-order valence-corrected chi connectivity index (χ2v) is 9.18. The van der Waals surface area contributed by atoms with Crippen molar-refractivity contribution in [1.29, 1.82) is 0 Å². The van der Waals surface area contributed by atoms with Gasteiger partial charge in [0.1, 0.15) is 23.2 Å². The van der Waals surface area contributed by atoms with Gasteiger partial charge in [-0.3, -0.25) is 0 Å². The molecule has 2 aromatic rings. The third-order valence-electron chi connectivity index (χ3n) is 5.40. The maximum Gasteiger partial charge on any atom is 0.410 e. The number of aryl methyl sites for hydroxylation is 1. The highest BCUT2D eigenvalue weighted by atomic mass is 16.6. The van der Waals surface area contributed by atoms with Gasteiger partial charge in [-0.2, -0.15) is 4.48 Å². The Morgan fingerprint density at radius 3 is 2.31 bits per heavy atom. The van der Waals surface area contributed by atoms with Crippen molar-refractivity contribution in [2.75, 3.05) is 13.6 Å². The van der Waals surface area contributed by atoms with Crippen LogP contribution in [-0.2, 0) is 4.74 Å². The number of aliphatic imine (C=N–C) groups is 1. The van der Waals surface area contributed by atoms with E-state index < -0.39 is 28.2 Å². The molecule has 9 heteroatoms. The number of rotatable bonds is 6. The highest BCUT2D eigenvalue weighted by Gasteiger charge is 2.41. The number of hydrogen-bond donors (Lipinski definition) is 0. The number of quaternary nitrogens is 1. The van der Waals surface area contributed by atoms with Gasteiger partial charge in [0.15, 0.2) is 0 Å². The van der Waals surface area contributed by atoms with Crippen molar-refractivity contribution >= 4 is 29.7 Å². The van der Waals surface area contributed by atoms with Gasteiger partial charge in [0.05, 0.1) is 18.2 Å². The Hall–Kier alpha value is -3.98. The Labute approximate surface area is 204 Å². The maximum absolute atomic E-state index is 12.5. The third kappa shape index (κ3) is 5.75. The molecule has 1 atom stereocenters. The van der Waals surface area contributed by atoms with E-state index in [-0.39, 0.29) is 24.6 Å². The molecule has 0 spiro atoms. The molecule has 184 valence electrons. The molecule has 1 aliphatic heterocycles. The van der Waals surface area contributed by atoms with Crippen LogP contribution in [0.3, 0.4) is 0 Å². The molecule has 1 aliphatic rings. The molecule has 0 radical (unpaired) electrons. The van der Waals surface area contributed by atoms with Crippen molar-refractivity contribution in [3.8, 4) is 5.75 Å². The van der Waals surface area contributed by atoms with Gasteiger partial charge in [0.25, 0.3) is 6.09 Å². The van der Waals surface area contributed by atoms with Crippen molar-refractivity contribution in [1.82, 2.24) is 9.38 Å². The number of esters is 1. The summed E-state index contributed by atoms with van der Waals surface area (Å²) in [7, 11) is 1.57. The average Bonchev–Trinajstić information content (AvgIpc) is 3.22. The largest absolute Gasteiger partial charge is 0.497 e. The van der Waals surface area contributed by atoms with Gasteiger partial charge in [-0.05, 0) is 51.5 Å². The highest BCUT2D eigenvalue weighted by molar-refractivity contribution is 6.10. The molecule has 2 amide bonds. The van der Waals surface area contributed by atoms with E-state index in [0.717, 1.165) is 5.56 Å². The molecule has 3 rings (SSSR count). The van der Waals surface area contributed by atoms with Gasteiger partial charge in [-0.25, -0.2) is 14.6 Å². The number of carboxylic acid groups (broad SMARTS) is 1. The SMILES string of the molecule is Cc1ccccc1C(=O)Oc1ccc([N+]2(C(=O)[O-])C=CN=C2CCN(C)C(=O)OC(C)(C)C)cc1. The molecule has 0 saturated heterocycles. The van der Waals surface area contributed by atoms with Gasteiger partial charge < -0.3 is 24.3 Å². The predicted molar refractivity (Wildman–Crippen MR) is 130 cm³/mol. The Bertz CT molecular complexity index is 1180. The molecule has 0 aliphatic carbocycles. The zero-order valence-electron chi connectivity index (χ0n) is 20.5. The summed E-state index contributed by atoms with van der Waals surface area (Å²) in [6, 6.07) is 13.2. The van der Waals surface area contributed by atoms with Crippen LogP contribution in [-0.4, -0.2) is 48.1 Å². The molecule has 2 aromatic carbocycles. The first-order valence-electron chi connectivity index (χ1n) is 11.1. The summed E-state index contributed by atoms with van der Waals surface area (Å²) in [6.45, 7) is 7.31. The Kier molecular flexibility index (Phi) is 7.40. The second kappa shape index (κ2) is 10.1. The summed E-state index contributed by atoms with van der Waals surface area (Å²) >= 11 is 0. The molecule has 1 heterocycles. The lowest BCUT2D eigenvalue weighted by molar-refractivity contribution is -0.257. The van der Waals surface area contributed by atoms with Crippen LogP contribution in [0, 0.1) is 6.92 Å². The molecule has 0 saturated carbocycles. The molecule has 35 heavy (non-hydrogen) atoms. The minimum absolute atomic E-state index is 0.167. The topological polar surface area (TPSA) is 108 Å². The number of hydrogen-bond acceptors (Lipinski definition) is 7. The summed E-state index contributed by atoms with van der Waals surface area (Å²) in [6.07, 6.45) is 1.04. The van der Waals surface area contributed by atoms with Crippen LogP contribution < -0.4 is 14.3 Å². The van der Waals surface area contributed by atoms with Gasteiger partial charge in [0, 0.05) is 25.7 Å². The third-order valence-corrected chi connectivity index (χ3v) is 5.40. The van der Waals surface area contributed by atoms with Crippen LogP contribution in [0.15, 0.2) is 65.9 Å². The van der Waals surface area contributed by atoms with E-state index >= 15 is 0 Å². The molecule has 0 N–H and O–H groups in total. The second-order valence-electron chi connectivity index (χ2n) is 9.18. The Morgan fingerprint density at radius 1 is 1.06 bits per heavy atom. The molecular weight excluding hydrogens is 450 g/mol. The minimum atomic E-state index is -1.40. The minimum Gasteiger partial charge on any atom is -0.497 e. The number of benzene rings is 2. The van der Waals surface area contributed by atoms with Crippen LogP contribution in [0.4, 0.5) is 15.3 Å². The van der Waals surface area contributed by atoms with E-state index in [9.17, 15) is 19.5 Å². The van der Waals surface area contributed by atoms with Crippen molar-refractivity contribution in [3.63, 3.8) is 0 Å². The normalized spacial score (nSPS) is 17.0. The molecule has 0 fully saturated rings. The van der Waals surface area contributed by atoms with Crippen molar-refractivity contribution in [2.24, 2.45) is 4.99 Å². The fourth-order valence-electron chi connectivity index (χ4n) is 3.56. The molecule has 1 unspecified atom stereocenters. The number of nitrogens with zero attached hydrogens (tertiary/aromatic N) is 3. The molecule has 9 nitrogen and oxygen atoms in total. The number of amides is 2. The maximum atomic E-state index is 12.5. The lowest BCUT2D eigenvalue weighted by Gasteiger charge is -2.32. The van der Waals surface area contributed by atoms with E-state index in [1.54, 1.807) is 52.1 Å². The van der Waals surface area contributed by atoms with Crippen molar-refractivity contribution < 1.29 is 29.0 Å². The number of ether oxygens (including phenoxy) is 2. The summed E-state index contributed by atoms with van der Waals surface area (Å²) in [5.41, 5.74) is 0.927. The zero-order chi connectivity index (χ0) is 25.8. The van der Waals surface area contributed by atoms with E-state index in [1.807, 2.05) is 19.1 Å². The fourth-order valence-corrected chi connectivity index (χ4v) is 3.56. The fraction of sp³-hybridized carbons (Fsp3) is 0.308. The predicted octanol–water partition coefficient (Wildman–Crippen LogP) is 4.01. The first-order valence-corrected chi connectivity index (χ1v) is 11.1. The van der Waals surface area contributed by atoms with E-state index in [2.05, 4.69) is 4.99 Å². The quantitative estimate of drug-likeness (QED) is 0.352. The lowest BCUT2D eigenvalue weighted by Crippen LogP contribution is -2.59. The first-order chi connectivity index (χ1) is 16.4. The number of carbonyl (C=O) groups is 3. The van der Waals surface area contributed by atoms with Gasteiger partial charge in [-0.1, -0.05) is 18.2 Å². The Balaban J connectivity index is 1.75. The Morgan fingerprint density at radius 2 is 1.71 bits per heavy atom. The zero-order valence-corrected chi connectivity index (χ0v) is 20.5. The van der Waals surface area contributed by atoms with E-state index in [0.29, 0.717) is 11.3 Å². The molecule has 0 aromatic heterocycles. The molecular formula is C26H29N3O6. The van der Waals surface area contributed by atoms with Crippen LogP contribution in [0.1, 0.15) is 43.1 Å². The van der Waals surface area contributed by atoms with Crippen molar-refractivity contribution in [3.05, 3.63) is 72.1 Å². The average molecular weight is 480 g/mol. The van der Waals surface area contributed by atoms with Gasteiger partial charge in [0.2, 0.25) is 5.84 Å². The van der Waals surface area contributed by atoms with Crippen LogP contribution >= 0.6 is 0 Å². The summed E-state index contributed by atoms with van der Waals surface area (Å²) in [5.74, 6) is 0.0306. The summed E-state index contributed by atoms with van der Waals surface area (Å²) in [5, 5.41) is 12.3. The molecule has 0 bridgehead atoms. The first kappa shape index (κ1) is 25.6. The van der Waals surface area contributed by atoms with Crippen LogP contribution in [0.5, 0.6) is 5.75 Å². The summed E-state index contributed by atoms with van der Waals surface area (Å²) in [4.78, 5) is 42.7. The van der Waals surface area contributed by atoms with Crippen LogP contribution in [0.2, 0.25) is 0 Å². The number of amidine groups is 1. The lowest BCUT2D eigenvalue weighted by atomic mass is 10.1. The monoisotopic (exact) mass is 479 g/mol.